The first kappa shape index (κ1) is 15.0. The molecule has 1 unspecified atom stereocenters. The number of carbonyl (C=O) groups excluding carboxylic acids is 1. The topological polar surface area (TPSA) is 32.3 Å². The van der Waals surface area contributed by atoms with Gasteiger partial charge in [0.05, 0.1) is 5.54 Å². The number of nitrogens with zero attached hydrogens (tertiary/aromatic N) is 1. The Morgan fingerprint density at radius 1 is 1.40 bits per heavy atom. The van der Waals surface area contributed by atoms with Gasteiger partial charge in [0.2, 0.25) is 5.91 Å². The molecule has 1 N–H and O–H groups in total. The van der Waals surface area contributed by atoms with Crippen molar-refractivity contribution < 1.29 is 4.79 Å². The zero-order valence-corrected chi connectivity index (χ0v) is 13.1. The summed E-state index contributed by atoms with van der Waals surface area (Å²) in [6.07, 6.45) is 2.92. The number of hydrogen-bond acceptors (Lipinski definition) is 2. The molecule has 0 spiro atoms. The molecule has 0 aliphatic carbocycles. The zero-order chi connectivity index (χ0) is 14.8. The standard InChI is InChI=1S/C17H26N2O/c1-5-17(9-6-10-18-17)16(20)19(4)12-15-8-7-13(2)11-14(15)3/h7-8,11,18H,5-6,9-10,12H2,1-4H3. The molecule has 0 bridgehead atoms. The third kappa shape index (κ3) is 2.88. The fraction of sp³-hybridized carbons (Fsp3) is 0.588. The van der Waals surface area contributed by atoms with Gasteiger partial charge in [0.25, 0.3) is 0 Å². The minimum absolute atomic E-state index is 0.234. The first-order valence-corrected chi connectivity index (χ1v) is 7.55. The van der Waals surface area contributed by atoms with Gasteiger partial charge in [-0.25, -0.2) is 0 Å². The van der Waals surface area contributed by atoms with Crippen molar-refractivity contribution in [3.05, 3.63) is 34.9 Å². The Kier molecular flexibility index (Phi) is 4.48. The molecule has 3 nitrogen and oxygen atoms in total. The second-order valence-electron chi connectivity index (χ2n) is 6.06. The van der Waals surface area contributed by atoms with Gasteiger partial charge in [-0.15, -0.1) is 0 Å². The van der Waals surface area contributed by atoms with E-state index in [1.165, 1.54) is 16.7 Å². The molecule has 20 heavy (non-hydrogen) atoms. The molecule has 1 atom stereocenters. The lowest BCUT2D eigenvalue weighted by atomic mass is 9.92. The Morgan fingerprint density at radius 3 is 2.70 bits per heavy atom. The minimum Gasteiger partial charge on any atom is -0.340 e. The third-order valence-electron chi connectivity index (χ3n) is 4.51. The van der Waals surface area contributed by atoms with Gasteiger partial charge in [-0.1, -0.05) is 30.7 Å². The maximum Gasteiger partial charge on any atom is 0.242 e. The van der Waals surface area contributed by atoms with Crippen molar-refractivity contribution in [2.75, 3.05) is 13.6 Å². The summed E-state index contributed by atoms with van der Waals surface area (Å²) in [5, 5.41) is 3.42. The Morgan fingerprint density at radius 2 is 2.15 bits per heavy atom. The summed E-state index contributed by atoms with van der Waals surface area (Å²) in [6.45, 7) is 7.96. The average Bonchev–Trinajstić information content (AvgIpc) is 2.91. The van der Waals surface area contributed by atoms with Crippen molar-refractivity contribution in [1.82, 2.24) is 10.2 Å². The summed E-state index contributed by atoms with van der Waals surface area (Å²) in [7, 11) is 1.92. The predicted octanol–water partition coefficient (Wildman–Crippen LogP) is 2.79. The van der Waals surface area contributed by atoms with Gasteiger partial charge in [-0.3, -0.25) is 4.79 Å². The van der Waals surface area contributed by atoms with Crippen molar-refractivity contribution >= 4 is 5.91 Å². The fourth-order valence-corrected chi connectivity index (χ4v) is 3.16. The van der Waals surface area contributed by atoms with E-state index in [-0.39, 0.29) is 11.4 Å². The molecule has 1 aromatic carbocycles. The van der Waals surface area contributed by atoms with Crippen LogP contribution < -0.4 is 5.32 Å². The van der Waals surface area contributed by atoms with Crippen LogP contribution in [-0.2, 0) is 11.3 Å². The lowest BCUT2D eigenvalue weighted by Crippen LogP contribution is -2.53. The van der Waals surface area contributed by atoms with Crippen LogP contribution in [0.25, 0.3) is 0 Å². The van der Waals surface area contributed by atoms with Crippen molar-refractivity contribution in [2.24, 2.45) is 0 Å². The van der Waals surface area contributed by atoms with Crippen LogP contribution in [0, 0.1) is 13.8 Å². The van der Waals surface area contributed by atoms with E-state index >= 15 is 0 Å². The normalized spacial score (nSPS) is 22.0. The SMILES string of the molecule is CCC1(C(=O)N(C)Cc2ccc(C)cc2C)CCCN1. The van der Waals surface area contributed by atoms with Crippen LogP contribution in [0.4, 0.5) is 0 Å². The highest BCUT2D eigenvalue weighted by atomic mass is 16.2. The fourth-order valence-electron chi connectivity index (χ4n) is 3.16. The highest BCUT2D eigenvalue weighted by molar-refractivity contribution is 5.86. The lowest BCUT2D eigenvalue weighted by molar-refractivity contribution is -0.137. The monoisotopic (exact) mass is 274 g/mol. The van der Waals surface area contributed by atoms with Crippen molar-refractivity contribution in [3.8, 4) is 0 Å². The molecule has 1 saturated heterocycles. The number of hydrogen-bond donors (Lipinski definition) is 1. The molecule has 1 aliphatic heterocycles. The van der Waals surface area contributed by atoms with Crippen LogP contribution in [0.1, 0.15) is 42.9 Å². The Hall–Kier alpha value is -1.35. The van der Waals surface area contributed by atoms with E-state index < -0.39 is 0 Å². The molecule has 0 saturated carbocycles. The summed E-state index contributed by atoms with van der Waals surface area (Å²) in [5.41, 5.74) is 3.43. The number of aryl methyl sites for hydroxylation is 2. The molecule has 3 heteroatoms. The van der Waals surface area contributed by atoms with E-state index in [9.17, 15) is 4.79 Å². The highest BCUT2D eigenvalue weighted by Crippen LogP contribution is 2.26. The van der Waals surface area contributed by atoms with Crippen LogP contribution >= 0.6 is 0 Å². The molecule has 1 aromatic rings. The zero-order valence-electron chi connectivity index (χ0n) is 13.1. The molecule has 2 rings (SSSR count). The molecule has 1 heterocycles. The van der Waals surface area contributed by atoms with Crippen LogP contribution in [0.15, 0.2) is 18.2 Å². The number of nitrogens with one attached hydrogen (secondary N) is 1. The van der Waals surface area contributed by atoms with Gasteiger partial charge in [-0.2, -0.15) is 0 Å². The first-order chi connectivity index (χ1) is 9.48. The van der Waals surface area contributed by atoms with Gasteiger partial charge in [-0.05, 0) is 50.8 Å². The largest absolute Gasteiger partial charge is 0.340 e. The van der Waals surface area contributed by atoms with Gasteiger partial charge >= 0.3 is 0 Å². The Balaban J connectivity index is 2.11. The third-order valence-corrected chi connectivity index (χ3v) is 4.51. The first-order valence-electron chi connectivity index (χ1n) is 7.55. The lowest BCUT2D eigenvalue weighted by Gasteiger charge is -2.32. The van der Waals surface area contributed by atoms with Crippen LogP contribution in [0.2, 0.25) is 0 Å². The second kappa shape index (κ2) is 5.96. The maximum atomic E-state index is 12.7. The van der Waals surface area contributed by atoms with E-state index in [0.717, 1.165) is 25.8 Å². The number of benzene rings is 1. The van der Waals surface area contributed by atoms with Crippen LogP contribution in [-0.4, -0.2) is 29.9 Å². The summed E-state index contributed by atoms with van der Waals surface area (Å²) >= 11 is 0. The van der Waals surface area contributed by atoms with Crippen molar-refractivity contribution in [3.63, 3.8) is 0 Å². The van der Waals surface area contributed by atoms with E-state index in [1.807, 2.05) is 11.9 Å². The predicted molar refractivity (Wildman–Crippen MR) is 82.6 cm³/mol. The second-order valence-corrected chi connectivity index (χ2v) is 6.06. The van der Waals surface area contributed by atoms with Crippen molar-refractivity contribution in [1.29, 1.82) is 0 Å². The van der Waals surface area contributed by atoms with Crippen LogP contribution in [0.5, 0.6) is 0 Å². The number of likely N-dealkylation sites (N-methyl/N-ethyl adjacent to an activating group) is 1. The summed E-state index contributed by atoms with van der Waals surface area (Å²) < 4.78 is 0. The Labute approximate surface area is 122 Å². The molecule has 1 amide bonds. The molecule has 0 radical (unpaired) electrons. The smallest absolute Gasteiger partial charge is 0.242 e. The van der Waals surface area contributed by atoms with Gasteiger partial charge in [0.15, 0.2) is 0 Å². The highest BCUT2D eigenvalue weighted by Gasteiger charge is 2.40. The molecular weight excluding hydrogens is 248 g/mol. The Bertz CT molecular complexity index is 490. The van der Waals surface area contributed by atoms with E-state index in [0.29, 0.717) is 6.54 Å². The van der Waals surface area contributed by atoms with Gasteiger partial charge in [0, 0.05) is 13.6 Å². The summed E-state index contributed by atoms with van der Waals surface area (Å²) in [6, 6.07) is 6.43. The van der Waals surface area contributed by atoms with Gasteiger partial charge in [0.1, 0.15) is 0 Å². The quantitative estimate of drug-likeness (QED) is 0.915. The summed E-state index contributed by atoms with van der Waals surface area (Å²) in [4.78, 5) is 14.6. The molecule has 110 valence electrons. The van der Waals surface area contributed by atoms with Crippen molar-refractivity contribution in [2.45, 2.75) is 52.1 Å². The van der Waals surface area contributed by atoms with Crippen LogP contribution in [0.3, 0.4) is 0 Å². The average molecular weight is 274 g/mol. The number of carbonyl (C=O) groups is 1. The molecule has 1 fully saturated rings. The minimum atomic E-state index is -0.326. The number of amides is 1. The number of rotatable bonds is 4. The summed E-state index contributed by atoms with van der Waals surface area (Å²) in [5.74, 6) is 0.234. The molecular formula is C17H26N2O. The molecule has 1 aliphatic rings. The van der Waals surface area contributed by atoms with E-state index in [2.05, 4.69) is 44.3 Å². The van der Waals surface area contributed by atoms with E-state index in [1.54, 1.807) is 0 Å². The van der Waals surface area contributed by atoms with E-state index in [4.69, 9.17) is 0 Å². The van der Waals surface area contributed by atoms with Gasteiger partial charge < -0.3 is 10.2 Å². The molecule has 0 aromatic heterocycles. The maximum absolute atomic E-state index is 12.7.